The molecule has 80 valence electrons. The summed E-state index contributed by atoms with van der Waals surface area (Å²) in [7, 11) is 0. The minimum atomic E-state index is 0.148. The zero-order valence-electron chi connectivity index (χ0n) is 9.82. The van der Waals surface area contributed by atoms with Crippen molar-refractivity contribution in [3.8, 4) is 11.8 Å². The first-order chi connectivity index (χ1) is 6.58. The minimum absolute atomic E-state index is 0.148. The molecule has 0 saturated heterocycles. The van der Waals surface area contributed by atoms with Crippen LogP contribution in [-0.2, 0) is 0 Å². The smallest absolute Gasteiger partial charge is 0.0576 e. The quantitative estimate of drug-likeness (QED) is 0.537. The van der Waals surface area contributed by atoms with Gasteiger partial charge in [-0.3, -0.25) is 0 Å². The van der Waals surface area contributed by atoms with E-state index in [2.05, 4.69) is 37.9 Å². The number of rotatable bonds is 3. The van der Waals surface area contributed by atoms with Crippen LogP contribution in [0.1, 0.15) is 46.5 Å². The summed E-state index contributed by atoms with van der Waals surface area (Å²) >= 11 is 0. The molecule has 0 amide bonds. The van der Waals surface area contributed by atoms with Gasteiger partial charge < -0.3 is 5.32 Å². The molecule has 0 aromatic heterocycles. The van der Waals surface area contributed by atoms with Crippen molar-refractivity contribution in [2.24, 2.45) is 11.3 Å². The monoisotopic (exact) mass is 193 g/mol. The van der Waals surface area contributed by atoms with Crippen LogP contribution in [0.5, 0.6) is 0 Å². The Morgan fingerprint density at radius 2 is 1.86 bits per heavy atom. The van der Waals surface area contributed by atoms with Gasteiger partial charge in [0.05, 0.1) is 6.54 Å². The Labute approximate surface area is 88.7 Å². The van der Waals surface area contributed by atoms with Gasteiger partial charge >= 0.3 is 0 Å². The van der Waals surface area contributed by atoms with Crippen LogP contribution in [0.25, 0.3) is 0 Å². The Morgan fingerprint density at radius 3 is 2.43 bits per heavy atom. The van der Waals surface area contributed by atoms with E-state index in [0.29, 0.717) is 0 Å². The molecule has 1 rings (SSSR count). The molecule has 1 heteroatoms. The molecule has 0 atom stereocenters. The van der Waals surface area contributed by atoms with Crippen molar-refractivity contribution in [1.29, 1.82) is 0 Å². The lowest BCUT2D eigenvalue weighted by atomic mass is 9.98. The Balaban J connectivity index is 2.05. The molecule has 1 saturated carbocycles. The second-order valence-corrected chi connectivity index (χ2v) is 5.33. The van der Waals surface area contributed by atoms with Crippen molar-refractivity contribution in [3.05, 3.63) is 0 Å². The molecular weight excluding hydrogens is 170 g/mol. The van der Waals surface area contributed by atoms with E-state index >= 15 is 0 Å². The van der Waals surface area contributed by atoms with Crippen LogP contribution in [0.3, 0.4) is 0 Å². The van der Waals surface area contributed by atoms with Crippen LogP contribution in [0.4, 0.5) is 0 Å². The summed E-state index contributed by atoms with van der Waals surface area (Å²) in [6, 6.07) is 0. The fourth-order valence-corrected chi connectivity index (χ4v) is 1.86. The van der Waals surface area contributed by atoms with Crippen molar-refractivity contribution in [2.45, 2.75) is 46.5 Å². The molecule has 0 unspecified atom stereocenters. The van der Waals surface area contributed by atoms with Gasteiger partial charge in [0, 0.05) is 5.41 Å². The zero-order valence-corrected chi connectivity index (χ0v) is 9.82. The van der Waals surface area contributed by atoms with Gasteiger partial charge in [-0.15, -0.1) is 0 Å². The van der Waals surface area contributed by atoms with Gasteiger partial charge in [-0.25, -0.2) is 0 Å². The Kier molecular flexibility index (Phi) is 4.48. The summed E-state index contributed by atoms with van der Waals surface area (Å²) in [5.41, 5.74) is 0.148. The standard InChI is InChI=1S/C13H23N/c1-13(2,3)9-6-10-14-11-12-7-4-5-8-12/h12,14H,4-5,7-8,10-11H2,1-3H3. The topological polar surface area (TPSA) is 12.0 Å². The van der Waals surface area contributed by atoms with Crippen molar-refractivity contribution >= 4 is 0 Å². The highest BCUT2D eigenvalue weighted by molar-refractivity contribution is 5.08. The summed E-state index contributed by atoms with van der Waals surface area (Å²) in [4.78, 5) is 0. The van der Waals surface area contributed by atoms with E-state index in [0.717, 1.165) is 12.5 Å². The maximum atomic E-state index is 3.43. The first-order valence-corrected chi connectivity index (χ1v) is 5.79. The molecule has 0 heterocycles. The first kappa shape index (κ1) is 11.6. The van der Waals surface area contributed by atoms with Gasteiger partial charge in [0.1, 0.15) is 0 Å². The average Bonchev–Trinajstić information content (AvgIpc) is 2.54. The Hall–Kier alpha value is -0.480. The predicted octanol–water partition coefficient (Wildman–Crippen LogP) is 2.82. The third kappa shape index (κ3) is 5.29. The van der Waals surface area contributed by atoms with Crippen molar-refractivity contribution in [1.82, 2.24) is 5.32 Å². The van der Waals surface area contributed by atoms with Gasteiger partial charge in [-0.05, 0) is 46.1 Å². The average molecular weight is 193 g/mol. The van der Waals surface area contributed by atoms with Crippen LogP contribution < -0.4 is 5.32 Å². The molecule has 14 heavy (non-hydrogen) atoms. The highest BCUT2D eigenvalue weighted by Crippen LogP contribution is 2.23. The third-order valence-electron chi connectivity index (χ3n) is 2.58. The van der Waals surface area contributed by atoms with E-state index in [1.54, 1.807) is 0 Å². The number of hydrogen-bond acceptors (Lipinski definition) is 1. The minimum Gasteiger partial charge on any atom is -0.306 e. The molecule has 1 nitrogen and oxygen atoms in total. The van der Waals surface area contributed by atoms with Gasteiger partial charge in [0.2, 0.25) is 0 Å². The molecular formula is C13H23N. The van der Waals surface area contributed by atoms with E-state index < -0.39 is 0 Å². The summed E-state index contributed by atoms with van der Waals surface area (Å²) in [5.74, 6) is 7.35. The SMILES string of the molecule is CC(C)(C)C#CCNCC1CCCC1. The third-order valence-corrected chi connectivity index (χ3v) is 2.58. The van der Waals surface area contributed by atoms with Gasteiger partial charge in [-0.2, -0.15) is 0 Å². The van der Waals surface area contributed by atoms with Gasteiger partial charge in [0.15, 0.2) is 0 Å². The van der Waals surface area contributed by atoms with E-state index in [9.17, 15) is 0 Å². The van der Waals surface area contributed by atoms with Crippen LogP contribution in [-0.4, -0.2) is 13.1 Å². The van der Waals surface area contributed by atoms with Gasteiger partial charge in [0.25, 0.3) is 0 Å². The largest absolute Gasteiger partial charge is 0.306 e. The van der Waals surface area contributed by atoms with E-state index in [4.69, 9.17) is 0 Å². The molecule has 1 aliphatic carbocycles. The number of nitrogens with one attached hydrogen (secondary N) is 1. The Bertz CT molecular complexity index is 208. The Morgan fingerprint density at radius 1 is 1.21 bits per heavy atom. The molecule has 0 radical (unpaired) electrons. The fraction of sp³-hybridized carbons (Fsp3) is 0.846. The highest BCUT2D eigenvalue weighted by atomic mass is 14.8. The molecule has 1 N–H and O–H groups in total. The zero-order chi connectivity index (χ0) is 10.4. The molecule has 0 aromatic rings. The number of hydrogen-bond donors (Lipinski definition) is 1. The summed E-state index contributed by atoms with van der Waals surface area (Å²) < 4.78 is 0. The van der Waals surface area contributed by atoms with Gasteiger partial charge in [-0.1, -0.05) is 24.7 Å². The molecule has 0 aromatic carbocycles. The maximum absolute atomic E-state index is 3.43. The van der Waals surface area contributed by atoms with Crippen molar-refractivity contribution in [2.75, 3.05) is 13.1 Å². The molecule has 0 spiro atoms. The van der Waals surface area contributed by atoms with Crippen LogP contribution in [0, 0.1) is 23.2 Å². The summed E-state index contributed by atoms with van der Waals surface area (Å²) in [5, 5.41) is 3.43. The molecule has 1 aliphatic rings. The summed E-state index contributed by atoms with van der Waals surface area (Å²) in [6.07, 6.45) is 5.69. The molecule has 0 aliphatic heterocycles. The van der Waals surface area contributed by atoms with Crippen LogP contribution in [0.2, 0.25) is 0 Å². The van der Waals surface area contributed by atoms with Crippen molar-refractivity contribution < 1.29 is 0 Å². The summed E-state index contributed by atoms with van der Waals surface area (Å²) in [6.45, 7) is 8.47. The fourth-order valence-electron chi connectivity index (χ4n) is 1.86. The van der Waals surface area contributed by atoms with Crippen LogP contribution in [0.15, 0.2) is 0 Å². The highest BCUT2D eigenvalue weighted by Gasteiger charge is 2.13. The van der Waals surface area contributed by atoms with Crippen molar-refractivity contribution in [3.63, 3.8) is 0 Å². The van der Waals surface area contributed by atoms with Crippen LogP contribution >= 0.6 is 0 Å². The second-order valence-electron chi connectivity index (χ2n) is 5.33. The normalized spacial score (nSPS) is 17.9. The second kappa shape index (κ2) is 5.41. The lowest BCUT2D eigenvalue weighted by Crippen LogP contribution is -2.21. The molecule has 0 bridgehead atoms. The lowest BCUT2D eigenvalue weighted by Gasteiger charge is -2.09. The maximum Gasteiger partial charge on any atom is 0.0576 e. The predicted molar refractivity (Wildman–Crippen MR) is 62.1 cm³/mol. The molecule has 1 fully saturated rings. The van der Waals surface area contributed by atoms with E-state index in [1.165, 1.54) is 32.2 Å². The van der Waals surface area contributed by atoms with E-state index in [1.807, 2.05) is 0 Å². The first-order valence-electron chi connectivity index (χ1n) is 5.79. The lowest BCUT2D eigenvalue weighted by molar-refractivity contribution is 0.506. The van der Waals surface area contributed by atoms with E-state index in [-0.39, 0.29) is 5.41 Å².